The van der Waals surface area contributed by atoms with Crippen molar-refractivity contribution in [3.63, 3.8) is 0 Å². The number of phenolic OH excluding ortho intramolecular Hbond substituents is 2. The quantitative estimate of drug-likeness (QED) is 0.688. The highest BCUT2D eigenvalue weighted by Gasteiger charge is 2.16. The fraction of sp³-hybridized carbons (Fsp3) is 0.0667. The van der Waals surface area contributed by atoms with Gasteiger partial charge in [0.25, 0.3) is 5.91 Å². The van der Waals surface area contributed by atoms with E-state index < -0.39 is 11.9 Å². The van der Waals surface area contributed by atoms with Gasteiger partial charge < -0.3 is 20.6 Å². The molecule has 0 aliphatic carbocycles. The first kappa shape index (κ1) is 14.4. The Morgan fingerprint density at radius 2 is 1.52 bits per heavy atom. The first-order valence-corrected chi connectivity index (χ1v) is 6.10. The predicted molar refractivity (Wildman–Crippen MR) is 75.5 cm³/mol. The van der Waals surface area contributed by atoms with Crippen molar-refractivity contribution >= 4 is 17.6 Å². The van der Waals surface area contributed by atoms with Crippen LogP contribution in [0.15, 0.2) is 42.5 Å². The number of phenols is 2. The summed E-state index contributed by atoms with van der Waals surface area (Å²) in [7, 11) is 0. The van der Waals surface area contributed by atoms with Crippen LogP contribution in [0.4, 0.5) is 5.69 Å². The van der Waals surface area contributed by atoms with E-state index in [4.69, 9.17) is 5.11 Å². The monoisotopic (exact) mass is 287 g/mol. The van der Waals surface area contributed by atoms with Gasteiger partial charge >= 0.3 is 5.97 Å². The van der Waals surface area contributed by atoms with E-state index >= 15 is 0 Å². The van der Waals surface area contributed by atoms with E-state index in [1.54, 1.807) is 24.3 Å². The zero-order chi connectivity index (χ0) is 15.4. The van der Waals surface area contributed by atoms with E-state index in [2.05, 4.69) is 5.32 Å². The molecule has 6 heteroatoms. The third-order valence-electron chi connectivity index (χ3n) is 2.81. The lowest BCUT2D eigenvalue weighted by Crippen LogP contribution is -2.12. The minimum atomic E-state index is -0.939. The molecule has 108 valence electrons. The van der Waals surface area contributed by atoms with Gasteiger partial charge in [0.1, 0.15) is 17.1 Å². The minimum Gasteiger partial charge on any atom is -0.507 e. The van der Waals surface area contributed by atoms with E-state index in [9.17, 15) is 19.8 Å². The van der Waals surface area contributed by atoms with Gasteiger partial charge in [-0.15, -0.1) is 0 Å². The molecule has 6 nitrogen and oxygen atoms in total. The molecule has 0 saturated carbocycles. The molecule has 4 N–H and O–H groups in total. The Kier molecular flexibility index (Phi) is 4.08. The Morgan fingerprint density at radius 1 is 0.952 bits per heavy atom. The third-order valence-corrected chi connectivity index (χ3v) is 2.81. The van der Waals surface area contributed by atoms with Crippen LogP contribution in [0.2, 0.25) is 0 Å². The standard InChI is InChI=1S/C15H13NO5/c17-11-2-1-3-12(18)14(11)15(21)16-10-6-4-9(5-7-10)8-13(19)20/h1-7,17-18H,8H2,(H,16,21)(H,19,20). The van der Waals surface area contributed by atoms with Crippen LogP contribution in [0.5, 0.6) is 11.5 Å². The number of carbonyl (C=O) groups excluding carboxylic acids is 1. The van der Waals surface area contributed by atoms with Crippen molar-refractivity contribution in [2.75, 3.05) is 5.32 Å². The van der Waals surface area contributed by atoms with Crippen LogP contribution >= 0.6 is 0 Å². The number of hydrogen-bond donors (Lipinski definition) is 4. The number of aromatic hydroxyl groups is 2. The Balaban J connectivity index is 2.14. The smallest absolute Gasteiger partial charge is 0.307 e. The number of amides is 1. The first-order valence-electron chi connectivity index (χ1n) is 6.10. The Morgan fingerprint density at radius 3 is 2.05 bits per heavy atom. The third kappa shape index (κ3) is 3.50. The fourth-order valence-corrected chi connectivity index (χ4v) is 1.84. The van der Waals surface area contributed by atoms with Crippen LogP contribution in [-0.4, -0.2) is 27.2 Å². The predicted octanol–water partition coefficient (Wildman–Crippen LogP) is 1.98. The Hall–Kier alpha value is -3.02. The van der Waals surface area contributed by atoms with Crippen LogP contribution in [0.25, 0.3) is 0 Å². The van der Waals surface area contributed by atoms with Gasteiger partial charge in [0.15, 0.2) is 0 Å². The number of anilines is 1. The SMILES string of the molecule is O=C(O)Cc1ccc(NC(=O)c2c(O)cccc2O)cc1. The summed E-state index contributed by atoms with van der Waals surface area (Å²) in [6, 6.07) is 10.3. The molecule has 0 atom stereocenters. The second-order valence-corrected chi connectivity index (χ2v) is 4.39. The minimum absolute atomic E-state index is 0.103. The van der Waals surface area contributed by atoms with Gasteiger partial charge in [-0.05, 0) is 29.8 Å². The molecule has 1 amide bonds. The van der Waals surface area contributed by atoms with Gasteiger partial charge in [-0.3, -0.25) is 9.59 Å². The molecule has 2 aromatic rings. The van der Waals surface area contributed by atoms with Crippen LogP contribution in [0.3, 0.4) is 0 Å². The maximum absolute atomic E-state index is 12.0. The molecule has 0 aliphatic rings. The van der Waals surface area contributed by atoms with E-state index in [1.165, 1.54) is 18.2 Å². The van der Waals surface area contributed by atoms with E-state index in [-0.39, 0.29) is 23.5 Å². The molecule has 0 aromatic heterocycles. The van der Waals surface area contributed by atoms with E-state index in [0.717, 1.165) is 0 Å². The highest BCUT2D eigenvalue weighted by Crippen LogP contribution is 2.27. The number of nitrogens with one attached hydrogen (secondary N) is 1. The van der Waals surface area contributed by atoms with Crippen LogP contribution in [0, 0.1) is 0 Å². The van der Waals surface area contributed by atoms with Crippen molar-refractivity contribution in [3.8, 4) is 11.5 Å². The zero-order valence-electron chi connectivity index (χ0n) is 10.9. The van der Waals surface area contributed by atoms with Crippen molar-refractivity contribution in [3.05, 3.63) is 53.6 Å². The maximum Gasteiger partial charge on any atom is 0.307 e. The second-order valence-electron chi connectivity index (χ2n) is 4.39. The molecule has 2 aromatic carbocycles. The summed E-state index contributed by atoms with van der Waals surface area (Å²) in [5.41, 5.74) is 0.815. The number of benzene rings is 2. The molecular formula is C15H13NO5. The maximum atomic E-state index is 12.0. The van der Waals surface area contributed by atoms with Gasteiger partial charge in [0.05, 0.1) is 6.42 Å². The average molecular weight is 287 g/mol. The Bertz CT molecular complexity index is 659. The number of hydrogen-bond acceptors (Lipinski definition) is 4. The molecule has 21 heavy (non-hydrogen) atoms. The lowest BCUT2D eigenvalue weighted by atomic mass is 10.1. The van der Waals surface area contributed by atoms with Crippen molar-refractivity contribution in [1.82, 2.24) is 0 Å². The van der Waals surface area contributed by atoms with Gasteiger partial charge in [-0.1, -0.05) is 18.2 Å². The summed E-state index contributed by atoms with van der Waals surface area (Å²) in [6.07, 6.45) is -0.103. The van der Waals surface area contributed by atoms with Crippen molar-refractivity contribution in [1.29, 1.82) is 0 Å². The number of carboxylic acids is 1. The van der Waals surface area contributed by atoms with Crippen molar-refractivity contribution < 1.29 is 24.9 Å². The number of carboxylic acid groups (broad SMARTS) is 1. The van der Waals surface area contributed by atoms with Gasteiger partial charge in [-0.25, -0.2) is 0 Å². The molecule has 2 rings (SSSR count). The molecular weight excluding hydrogens is 274 g/mol. The van der Waals surface area contributed by atoms with Crippen LogP contribution < -0.4 is 5.32 Å². The van der Waals surface area contributed by atoms with Gasteiger partial charge in [-0.2, -0.15) is 0 Å². The van der Waals surface area contributed by atoms with Gasteiger partial charge in [0.2, 0.25) is 0 Å². The summed E-state index contributed by atoms with van der Waals surface area (Å²) >= 11 is 0. The summed E-state index contributed by atoms with van der Waals surface area (Å²) < 4.78 is 0. The van der Waals surface area contributed by atoms with Crippen molar-refractivity contribution in [2.45, 2.75) is 6.42 Å². The summed E-state index contributed by atoms with van der Waals surface area (Å²) in [5.74, 6) is -2.24. The number of aliphatic carboxylic acids is 1. The molecule has 0 aliphatic heterocycles. The molecule has 0 spiro atoms. The van der Waals surface area contributed by atoms with E-state index in [1.807, 2.05) is 0 Å². The molecule has 0 unspecified atom stereocenters. The molecule has 0 heterocycles. The molecule has 0 bridgehead atoms. The van der Waals surface area contributed by atoms with Crippen LogP contribution in [0.1, 0.15) is 15.9 Å². The van der Waals surface area contributed by atoms with Gasteiger partial charge in [0, 0.05) is 5.69 Å². The molecule has 0 radical (unpaired) electrons. The van der Waals surface area contributed by atoms with Crippen molar-refractivity contribution in [2.24, 2.45) is 0 Å². The first-order chi connectivity index (χ1) is 9.97. The summed E-state index contributed by atoms with van der Waals surface area (Å²) in [5, 5.41) is 30.4. The normalized spacial score (nSPS) is 10.1. The summed E-state index contributed by atoms with van der Waals surface area (Å²) in [6.45, 7) is 0. The fourth-order valence-electron chi connectivity index (χ4n) is 1.84. The Labute approximate surface area is 120 Å². The number of rotatable bonds is 4. The molecule has 0 saturated heterocycles. The average Bonchev–Trinajstić information content (AvgIpc) is 2.40. The summed E-state index contributed by atoms with van der Waals surface area (Å²) in [4.78, 5) is 22.6. The second kappa shape index (κ2) is 5.96. The van der Waals surface area contributed by atoms with E-state index in [0.29, 0.717) is 11.3 Å². The zero-order valence-corrected chi connectivity index (χ0v) is 10.9. The number of carbonyl (C=O) groups is 2. The topological polar surface area (TPSA) is 107 Å². The highest BCUT2D eigenvalue weighted by atomic mass is 16.4. The molecule has 0 fully saturated rings. The van der Waals surface area contributed by atoms with Crippen LogP contribution in [-0.2, 0) is 11.2 Å². The lowest BCUT2D eigenvalue weighted by Gasteiger charge is -2.08. The highest BCUT2D eigenvalue weighted by molar-refractivity contribution is 6.08. The lowest BCUT2D eigenvalue weighted by molar-refractivity contribution is -0.136. The largest absolute Gasteiger partial charge is 0.507 e.